The van der Waals surface area contributed by atoms with Crippen LogP contribution in [0.15, 0.2) is 24.3 Å². The summed E-state index contributed by atoms with van der Waals surface area (Å²) in [4.78, 5) is 35.6. The van der Waals surface area contributed by atoms with Gasteiger partial charge in [-0.3, -0.25) is 9.59 Å². The van der Waals surface area contributed by atoms with Gasteiger partial charge in [-0.25, -0.2) is 4.79 Å². The lowest BCUT2D eigenvalue weighted by Gasteiger charge is -2.21. The second-order valence-electron chi connectivity index (χ2n) is 8.74. The predicted molar refractivity (Wildman–Crippen MR) is 107 cm³/mol. The molecule has 0 radical (unpaired) electrons. The van der Waals surface area contributed by atoms with Crippen LogP contribution in [0.4, 0.5) is 0 Å². The molecule has 0 aliphatic carbocycles. The van der Waals surface area contributed by atoms with Gasteiger partial charge in [0.2, 0.25) is 5.91 Å². The lowest BCUT2D eigenvalue weighted by molar-refractivity contribution is -0.140. The molecule has 28 heavy (non-hydrogen) atoms. The molecule has 0 aromatic heterocycles. The van der Waals surface area contributed by atoms with Crippen LogP contribution in [0.1, 0.15) is 63.9 Å². The quantitative estimate of drug-likeness (QED) is 0.631. The molecule has 7 nitrogen and oxygen atoms in total. The van der Waals surface area contributed by atoms with Crippen molar-refractivity contribution in [1.82, 2.24) is 10.6 Å². The fraction of sp³-hybridized carbons (Fsp3) is 0.571. The highest BCUT2D eigenvalue weighted by Gasteiger charge is 2.22. The summed E-state index contributed by atoms with van der Waals surface area (Å²) < 4.78 is 5.53. The molecule has 0 saturated carbocycles. The maximum atomic E-state index is 12.3. The average Bonchev–Trinajstić information content (AvgIpc) is 2.57. The van der Waals surface area contributed by atoms with Crippen LogP contribution < -0.4 is 10.6 Å². The van der Waals surface area contributed by atoms with E-state index in [1.165, 1.54) is 0 Å². The second kappa shape index (κ2) is 9.68. The number of nitrogens with one attached hydrogen (secondary N) is 2. The third kappa shape index (κ3) is 8.52. The summed E-state index contributed by atoms with van der Waals surface area (Å²) in [6.45, 7) is 11.7. The molecule has 1 aromatic rings. The molecule has 1 rings (SSSR count). The molecule has 156 valence electrons. The first-order chi connectivity index (χ1) is 12.8. The summed E-state index contributed by atoms with van der Waals surface area (Å²) in [5, 5.41) is 14.7. The van der Waals surface area contributed by atoms with E-state index in [1.54, 1.807) is 24.3 Å². The SMILES string of the molecule is CC(C)(C)OCCC(NC(=O)c1ccc(CNC(=O)C(C)(C)C)cc1)C(=O)O. The topological polar surface area (TPSA) is 105 Å². The van der Waals surface area contributed by atoms with Crippen LogP contribution in [0.25, 0.3) is 0 Å². The first kappa shape index (κ1) is 23.6. The highest BCUT2D eigenvalue weighted by molar-refractivity contribution is 5.96. The van der Waals surface area contributed by atoms with E-state index in [9.17, 15) is 19.5 Å². The summed E-state index contributed by atoms with van der Waals surface area (Å²) in [6.07, 6.45) is 0.176. The van der Waals surface area contributed by atoms with Crippen molar-refractivity contribution in [2.75, 3.05) is 6.61 Å². The van der Waals surface area contributed by atoms with Crippen molar-refractivity contribution >= 4 is 17.8 Å². The van der Waals surface area contributed by atoms with Crippen molar-refractivity contribution in [2.24, 2.45) is 5.41 Å². The molecule has 0 fully saturated rings. The van der Waals surface area contributed by atoms with Gasteiger partial charge in [0.25, 0.3) is 5.91 Å². The van der Waals surface area contributed by atoms with E-state index >= 15 is 0 Å². The Morgan fingerprint density at radius 1 is 1.04 bits per heavy atom. The van der Waals surface area contributed by atoms with Gasteiger partial charge in [0.1, 0.15) is 6.04 Å². The van der Waals surface area contributed by atoms with E-state index in [1.807, 2.05) is 41.5 Å². The molecule has 0 aliphatic rings. The minimum absolute atomic E-state index is 0.0592. The molecule has 0 heterocycles. The van der Waals surface area contributed by atoms with E-state index < -0.39 is 23.3 Å². The minimum Gasteiger partial charge on any atom is -0.480 e. The van der Waals surface area contributed by atoms with E-state index in [0.717, 1.165) is 5.56 Å². The number of benzene rings is 1. The predicted octanol–water partition coefficient (Wildman–Crippen LogP) is 2.74. The van der Waals surface area contributed by atoms with Gasteiger partial charge in [0, 0.05) is 30.6 Å². The van der Waals surface area contributed by atoms with Crippen LogP contribution in [0.3, 0.4) is 0 Å². The van der Waals surface area contributed by atoms with E-state index in [0.29, 0.717) is 12.1 Å². The molecule has 2 amide bonds. The van der Waals surface area contributed by atoms with Gasteiger partial charge in [-0.1, -0.05) is 32.9 Å². The summed E-state index contributed by atoms with van der Waals surface area (Å²) in [5.41, 5.74) is 0.365. The van der Waals surface area contributed by atoms with Crippen molar-refractivity contribution in [3.63, 3.8) is 0 Å². The van der Waals surface area contributed by atoms with Crippen molar-refractivity contribution in [1.29, 1.82) is 0 Å². The number of hydrogen-bond donors (Lipinski definition) is 3. The average molecular weight is 392 g/mol. The monoisotopic (exact) mass is 392 g/mol. The van der Waals surface area contributed by atoms with Gasteiger partial charge < -0.3 is 20.5 Å². The molecule has 0 spiro atoms. The summed E-state index contributed by atoms with van der Waals surface area (Å²) in [6, 6.07) is 5.66. The lowest BCUT2D eigenvalue weighted by atomic mass is 9.95. The molecule has 0 saturated heterocycles. The van der Waals surface area contributed by atoms with Gasteiger partial charge in [0.05, 0.1) is 5.60 Å². The number of carbonyl (C=O) groups excluding carboxylic acids is 2. The molecular weight excluding hydrogens is 360 g/mol. The zero-order valence-corrected chi connectivity index (χ0v) is 17.6. The zero-order valence-electron chi connectivity index (χ0n) is 17.6. The first-order valence-electron chi connectivity index (χ1n) is 9.34. The Kier molecular flexibility index (Phi) is 8.17. The third-order valence-corrected chi connectivity index (χ3v) is 3.90. The molecule has 1 atom stereocenters. The molecule has 1 aromatic carbocycles. The van der Waals surface area contributed by atoms with Gasteiger partial charge in [-0.05, 0) is 38.5 Å². The second-order valence-corrected chi connectivity index (χ2v) is 8.74. The molecule has 3 N–H and O–H groups in total. The van der Waals surface area contributed by atoms with Crippen LogP contribution in [-0.4, -0.2) is 41.1 Å². The maximum Gasteiger partial charge on any atom is 0.326 e. The van der Waals surface area contributed by atoms with E-state index in [4.69, 9.17) is 4.74 Å². The molecular formula is C21H32N2O5. The number of rotatable bonds is 8. The Hall–Kier alpha value is -2.41. The van der Waals surface area contributed by atoms with Crippen LogP contribution in [0.5, 0.6) is 0 Å². The van der Waals surface area contributed by atoms with Crippen molar-refractivity contribution in [3.8, 4) is 0 Å². The number of carbonyl (C=O) groups is 3. The summed E-state index contributed by atoms with van der Waals surface area (Å²) in [5.74, 6) is -1.63. The van der Waals surface area contributed by atoms with Gasteiger partial charge in [0.15, 0.2) is 0 Å². The number of carboxylic acids is 1. The summed E-state index contributed by atoms with van der Waals surface area (Å²) in [7, 11) is 0. The van der Waals surface area contributed by atoms with Crippen LogP contribution in [0.2, 0.25) is 0 Å². The van der Waals surface area contributed by atoms with Crippen LogP contribution in [-0.2, 0) is 20.9 Å². The highest BCUT2D eigenvalue weighted by Crippen LogP contribution is 2.13. The van der Waals surface area contributed by atoms with Gasteiger partial charge >= 0.3 is 5.97 Å². The minimum atomic E-state index is -1.10. The normalized spacial score (nSPS) is 12.9. The Morgan fingerprint density at radius 3 is 2.07 bits per heavy atom. The van der Waals surface area contributed by atoms with Crippen molar-refractivity contribution in [2.45, 2.75) is 66.2 Å². The highest BCUT2D eigenvalue weighted by atomic mass is 16.5. The Morgan fingerprint density at radius 2 is 1.61 bits per heavy atom. The Bertz CT molecular complexity index is 684. The number of amides is 2. The third-order valence-electron chi connectivity index (χ3n) is 3.90. The van der Waals surface area contributed by atoms with Crippen LogP contribution in [0, 0.1) is 5.41 Å². The molecule has 7 heteroatoms. The number of aliphatic carboxylic acids is 1. The van der Waals surface area contributed by atoms with E-state index in [-0.39, 0.29) is 24.5 Å². The molecule has 0 bridgehead atoms. The molecule has 1 unspecified atom stereocenters. The smallest absolute Gasteiger partial charge is 0.326 e. The number of carboxylic acid groups (broad SMARTS) is 1. The largest absolute Gasteiger partial charge is 0.480 e. The summed E-state index contributed by atoms with van der Waals surface area (Å²) >= 11 is 0. The number of ether oxygens (including phenoxy) is 1. The van der Waals surface area contributed by atoms with E-state index in [2.05, 4.69) is 10.6 Å². The zero-order chi connectivity index (χ0) is 21.5. The van der Waals surface area contributed by atoms with Gasteiger partial charge in [-0.2, -0.15) is 0 Å². The van der Waals surface area contributed by atoms with Crippen molar-refractivity contribution in [3.05, 3.63) is 35.4 Å². The van der Waals surface area contributed by atoms with Crippen molar-refractivity contribution < 1.29 is 24.2 Å². The van der Waals surface area contributed by atoms with Gasteiger partial charge in [-0.15, -0.1) is 0 Å². The first-order valence-corrected chi connectivity index (χ1v) is 9.34. The van der Waals surface area contributed by atoms with Crippen LogP contribution >= 0.6 is 0 Å². The Balaban J connectivity index is 2.63. The fourth-order valence-corrected chi connectivity index (χ4v) is 2.20. The lowest BCUT2D eigenvalue weighted by Crippen LogP contribution is -2.42. The molecule has 0 aliphatic heterocycles. The fourth-order valence-electron chi connectivity index (χ4n) is 2.20. The Labute approximate surface area is 166 Å². The maximum absolute atomic E-state index is 12.3. The standard InChI is InChI=1S/C21H32N2O5/c1-20(2,3)19(27)22-13-14-7-9-15(10-8-14)17(24)23-16(18(25)26)11-12-28-21(4,5)6/h7-10,16H,11-13H2,1-6H3,(H,22,27)(H,23,24)(H,25,26). The number of hydrogen-bond acceptors (Lipinski definition) is 4.